The predicted molar refractivity (Wildman–Crippen MR) is 112 cm³/mol. The van der Waals surface area contributed by atoms with Crippen molar-refractivity contribution in [3.63, 3.8) is 0 Å². The zero-order chi connectivity index (χ0) is 21.4. The Morgan fingerprint density at radius 2 is 2.13 bits per heavy atom. The lowest BCUT2D eigenvalue weighted by Crippen LogP contribution is -2.44. The number of hydrogen-bond donors (Lipinski definition) is 3. The second kappa shape index (κ2) is 9.89. The molecule has 0 bridgehead atoms. The standard InChI is InChI=1S/C22H25FN4O3/c1-3-25-21(27-15-22(2,28)20-7-5-11-29-20)26-13-16-8-9-19(18(23)12-16)30-17-6-4-10-24-14-17/h4-12,14,28H,3,13,15H2,1-2H3,(H2,25,26,27). The SMILES string of the molecule is CCNC(=NCc1ccc(Oc2cccnc2)c(F)c1)NCC(C)(O)c1ccco1. The fraction of sp³-hybridized carbons (Fsp3) is 0.273. The van der Waals surface area contributed by atoms with Crippen LogP contribution < -0.4 is 15.4 Å². The Morgan fingerprint density at radius 1 is 1.27 bits per heavy atom. The second-order valence-electron chi connectivity index (χ2n) is 6.86. The molecule has 1 unspecified atom stereocenters. The maximum atomic E-state index is 14.4. The third-order valence-electron chi connectivity index (χ3n) is 4.27. The van der Waals surface area contributed by atoms with Crippen molar-refractivity contribution >= 4 is 5.96 Å². The zero-order valence-corrected chi connectivity index (χ0v) is 16.9. The molecule has 0 aliphatic rings. The summed E-state index contributed by atoms with van der Waals surface area (Å²) < 4.78 is 25.2. The third kappa shape index (κ3) is 5.81. The topological polar surface area (TPSA) is 91.9 Å². The van der Waals surface area contributed by atoms with Crippen molar-refractivity contribution in [2.45, 2.75) is 26.0 Å². The van der Waals surface area contributed by atoms with E-state index in [4.69, 9.17) is 9.15 Å². The fourth-order valence-corrected chi connectivity index (χ4v) is 2.70. The minimum Gasteiger partial charge on any atom is -0.466 e. The van der Waals surface area contributed by atoms with E-state index in [1.54, 1.807) is 49.5 Å². The van der Waals surface area contributed by atoms with Gasteiger partial charge in [0, 0.05) is 12.7 Å². The first-order valence-electron chi connectivity index (χ1n) is 9.63. The van der Waals surface area contributed by atoms with Crippen LogP contribution in [0.5, 0.6) is 11.5 Å². The summed E-state index contributed by atoms with van der Waals surface area (Å²) >= 11 is 0. The van der Waals surface area contributed by atoms with Crippen molar-refractivity contribution in [3.05, 3.63) is 78.3 Å². The van der Waals surface area contributed by atoms with E-state index in [9.17, 15) is 9.50 Å². The molecular formula is C22H25FN4O3. The number of nitrogens with zero attached hydrogens (tertiary/aromatic N) is 2. The number of benzene rings is 1. The third-order valence-corrected chi connectivity index (χ3v) is 4.27. The molecule has 30 heavy (non-hydrogen) atoms. The normalized spacial score (nSPS) is 13.5. The van der Waals surface area contributed by atoms with Crippen LogP contribution in [0.1, 0.15) is 25.2 Å². The molecule has 3 rings (SSSR count). The monoisotopic (exact) mass is 412 g/mol. The molecule has 1 atom stereocenters. The minimum absolute atomic E-state index is 0.121. The van der Waals surface area contributed by atoms with E-state index >= 15 is 0 Å². The number of rotatable bonds is 8. The average molecular weight is 412 g/mol. The quantitative estimate of drug-likeness (QED) is 0.387. The van der Waals surface area contributed by atoms with E-state index in [0.717, 1.165) is 0 Å². The number of nitrogens with one attached hydrogen (secondary N) is 2. The molecule has 8 heteroatoms. The van der Waals surface area contributed by atoms with Crippen LogP contribution in [0, 0.1) is 5.82 Å². The maximum absolute atomic E-state index is 14.4. The van der Waals surface area contributed by atoms with Gasteiger partial charge in [0.05, 0.1) is 25.5 Å². The first kappa shape index (κ1) is 21.3. The number of furan rings is 1. The molecule has 2 aromatic heterocycles. The number of aliphatic imine (C=N–C) groups is 1. The fourth-order valence-electron chi connectivity index (χ4n) is 2.70. The molecule has 0 aliphatic carbocycles. The van der Waals surface area contributed by atoms with Gasteiger partial charge in [0.1, 0.15) is 17.1 Å². The highest BCUT2D eigenvalue weighted by atomic mass is 19.1. The zero-order valence-electron chi connectivity index (χ0n) is 16.9. The minimum atomic E-state index is -1.20. The van der Waals surface area contributed by atoms with Crippen LogP contribution in [-0.2, 0) is 12.1 Å². The van der Waals surface area contributed by atoms with Gasteiger partial charge in [-0.2, -0.15) is 0 Å². The van der Waals surface area contributed by atoms with E-state index in [2.05, 4.69) is 20.6 Å². The van der Waals surface area contributed by atoms with E-state index in [1.165, 1.54) is 18.5 Å². The molecule has 2 heterocycles. The Hall–Kier alpha value is -3.39. The summed E-state index contributed by atoms with van der Waals surface area (Å²) in [7, 11) is 0. The number of pyridine rings is 1. The molecule has 3 N–H and O–H groups in total. The molecule has 0 saturated heterocycles. The summed E-state index contributed by atoms with van der Waals surface area (Å²) in [6.45, 7) is 4.67. The molecule has 7 nitrogen and oxygen atoms in total. The van der Waals surface area contributed by atoms with Crippen molar-refractivity contribution in [1.82, 2.24) is 15.6 Å². The van der Waals surface area contributed by atoms with Crippen LogP contribution in [0.4, 0.5) is 4.39 Å². The Morgan fingerprint density at radius 3 is 2.80 bits per heavy atom. The summed E-state index contributed by atoms with van der Waals surface area (Å²) in [5.41, 5.74) is -0.516. The van der Waals surface area contributed by atoms with E-state index in [1.807, 2.05) is 6.92 Å². The summed E-state index contributed by atoms with van der Waals surface area (Å²) in [5.74, 6) is 1.06. The van der Waals surface area contributed by atoms with E-state index < -0.39 is 11.4 Å². The second-order valence-corrected chi connectivity index (χ2v) is 6.86. The number of halogens is 1. The van der Waals surface area contributed by atoms with E-state index in [0.29, 0.717) is 29.6 Å². The highest BCUT2D eigenvalue weighted by Gasteiger charge is 2.26. The Kier molecular flexibility index (Phi) is 7.03. The van der Waals surface area contributed by atoms with Gasteiger partial charge >= 0.3 is 0 Å². The van der Waals surface area contributed by atoms with Gasteiger partial charge in [-0.15, -0.1) is 0 Å². The molecule has 3 aromatic rings. The molecule has 0 amide bonds. The summed E-state index contributed by atoms with van der Waals surface area (Å²) in [5, 5.41) is 16.7. The average Bonchev–Trinajstić information content (AvgIpc) is 3.29. The van der Waals surface area contributed by atoms with Crippen molar-refractivity contribution in [2.24, 2.45) is 4.99 Å². The van der Waals surface area contributed by atoms with Gasteiger partial charge in [0.15, 0.2) is 17.5 Å². The number of guanidine groups is 1. The molecule has 0 fully saturated rings. The number of aliphatic hydroxyl groups is 1. The molecule has 158 valence electrons. The van der Waals surface area contributed by atoms with Crippen molar-refractivity contribution in [3.8, 4) is 11.5 Å². The van der Waals surface area contributed by atoms with Gasteiger partial charge in [-0.05, 0) is 55.8 Å². The van der Waals surface area contributed by atoms with Crippen LogP contribution in [0.25, 0.3) is 0 Å². The van der Waals surface area contributed by atoms with Gasteiger partial charge in [0.2, 0.25) is 0 Å². The van der Waals surface area contributed by atoms with Crippen LogP contribution >= 0.6 is 0 Å². The Bertz CT molecular complexity index is 960. The lowest BCUT2D eigenvalue weighted by atomic mass is 10.0. The molecular weight excluding hydrogens is 387 g/mol. The molecule has 0 saturated carbocycles. The summed E-state index contributed by atoms with van der Waals surface area (Å²) in [6.07, 6.45) is 4.65. The van der Waals surface area contributed by atoms with Crippen LogP contribution in [0.2, 0.25) is 0 Å². The highest BCUT2D eigenvalue weighted by molar-refractivity contribution is 5.79. The van der Waals surface area contributed by atoms with E-state index in [-0.39, 0.29) is 18.8 Å². The first-order chi connectivity index (χ1) is 14.5. The van der Waals surface area contributed by atoms with Gasteiger partial charge in [-0.1, -0.05) is 6.07 Å². The van der Waals surface area contributed by atoms with Crippen LogP contribution in [0.15, 0.2) is 70.5 Å². The maximum Gasteiger partial charge on any atom is 0.191 e. The molecule has 0 aliphatic heterocycles. The smallest absolute Gasteiger partial charge is 0.191 e. The van der Waals surface area contributed by atoms with Crippen LogP contribution in [0.3, 0.4) is 0 Å². The van der Waals surface area contributed by atoms with Gasteiger partial charge in [0.25, 0.3) is 0 Å². The highest BCUT2D eigenvalue weighted by Crippen LogP contribution is 2.24. The van der Waals surface area contributed by atoms with Crippen molar-refractivity contribution < 1.29 is 18.7 Å². The Labute approximate surface area is 174 Å². The Balaban J connectivity index is 1.63. The van der Waals surface area contributed by atoms with Gasteiger partial charge in [-0.25, -0.2) is 9.38 Å². The predicted octanol–water partition coefficient (Wildman–Crippen LogP) is 3.57. The molecule has 1 aromatic carbocycles. The molecule has 0 radical (unpaired) electrons. The summed E-state index contributed by atoms with van der Waals surface area (Å²) in [6, 6.07) is 11.6. The molecule has 0 spiro atoms. The largest absolute Gasteiger partial charge is 0.466 e. The van der Waals surface area contributed by atoms with Crippen molar-refractivity contribution in [1.29, 1.82) is 0 Å². The number of hydrogen-bond acceptors (Lipinski definition) is 5. The van der Waals surface area contributed by atoms with Crippen LogP contribution in [-0.4, -0.2) is 29.1 Å². The lowest BCUT2D eigenvalue weighted by molar-refractivity contribution is 0.0386. The van der Waals surface area contributed by atoms with Crippen molar-refractivity contribution in [2.75, 3.05) is 13.1 Å². The number of ether oxygens (including phenoxy) is 1. The van der Waals surface area contributed by atoms with Gasteiger partial charge in [-0.3, -0.25) is 4.98 Å². The summed E-state index contributed by atoms with van der Waals surface area (Å²) in [4.78, 5) is 8.40. The van der Waals surface area contributed by atoms with Gasteiger partial charge < -0.3 is 24.9 Å². The lowest BCUT2D eigenvalue weighted by Gasteiger charge is -2.22. The number of aromatic nitrogens is 1. The first-order valence-corrected chi connectivity index (χ1v) is 9.63.